The van der Waals surface area contributed by atoms with E-state index in [9.17, 15) is 38.8 Å². The summed E-state index contributed by atoms with van der Waals surface area (Å²) >= 11 is 0. The highest BCUT2D eigenvalue weighted by molar-refractivity contribution is 7.47. The zero-order valence-corrected chi connectivity index (χ0v) is 34.8. The fourth-order valence-corrected chi connectivity index (χ4v) is 5.91. The van der Waals surface area contributed by atoms with Crippen molar-refractivity contribution in [3.05, 3.63) is 71.3 Å². The molecule has 0 fully saturated rings. The van der Waals surface area contributed by atoms with Crippen molar-refractivity contribution in [3.63, 3.8) is 0 Å². The molecule has 0 bridgehead atoms. The van der Waals surface area contributed by atoms with Gasteiger partial charge in [0.15, 0.2) is 6.10 Å². The molecule has 2 heterocycles. The average molecular weight is 880 g/mol. The summed E-state index contributed by atoms with van der Waals surface area (Å²) in [5, 5.41) is 27.7. The highest BCUT2D eigenvalue weighted by Crippen LogP contribution is 2.43. The van der Waals surface area contributed by atoms with Gasteiger partial charge >= 0.3 is 19.8 Å². The zero-order valence-electron chi connectivity index (χ0n) is 33.9. The number of anilines is 1. The van der Waals surface area contributed by atoms with Crippen molar-refractivity contribution < 1.29 is 76.3 Å². The van der Waals surface area contributed by atoms with E-state index in [2.05, 4.69) is 24.8 Å². The predicted molar refractivity (Wildman–Crippen MR) is 215 cm³/mol. The minimum absolute atomic E-state index is 0.0319. The number of carbonyl (C=O) groups is 4. The van der Waals surface area contributed by atoms with Crippen LogP contribution in [0.4, 0.5) is 5.69 Å². The third kappa shape index (κ3) is 21.3. The van der Waals surface area contributed by atoms with Gasteiger partial charge in [-0.1, -0.05) is 35.6 Å². The third-order valence-corrected chi connectivity index (χ3v) is 9.32. The van der Waals surface area contributed by atoms with E-state index < -0.39 is 38.5 Å². The molecular formula is C39H54N5O16P. The molecule has 0 radical (unpaired) electrons. The first-order valence-corrected chi connectivity index (χ1v) is 20.9. The summed E-state index contributed by atoms with van der Waals surface area (Å²) in [5.41, 5.74) is 4.31. The van der Waals surface area contributed by atoms with E-state index >= 15 is 0 Å². The molecule has 0 saturated heterocycles. The topological polar surface area (TPSA) is 267 Å². The Morgan fingerprint density at radius 1 is 0.836 bits per heavy atom. The fraction of sp³-hybridized carbons (Fsp3) is 0.513. The molecule has 3 rings (SSSR count). The number of hydrogen-bond acceptors (Lipinski definition) is 19. The monoisotopic (exact) mass is 879 g/mol. The average Bonchev–Trinajstić information content (AvgIpc) is 3.73. The number of phosphoric acid groups is 1. The van der Waals surface area contributed by atoms with Crippen molar-refractivity contribution in [1.29, 1.82) is 0 Å². The molecule has 2 aromatic heterocycles. The van der Waals surface area contributed by atoms with Crippen LogP contribution in [0.5, 0.6) is 0 Å². The normalized spacial score (nSPS) is 13.2. The van der Waals surface area contributed by atoms with Crippen LogP contribution in [-0.4, -0.2) is 145 Å². The zero-order chi connectivity index (χ0) is 44.1. The van der Waals surface area contributed by atoms with Gasteiger partial charge in [-0.25, -0.2) is 9.25 Å². The van der Waals surface area contributed by atoms with Crippen LogP contribution >= 0.6 is 7.82 Å². The van der Waals surface area contributed by atoms with E-state index in [1.165, 1.54) is 4.68 Å². The number of phosphoric ester groups is 1. The number of pyridine rings is 1. The van der Waals surface area contributed by atoms with Crippen molar-refractivity contribution in [2.45, 2.75) is 51.4 Å². The van der Waals surface area contributed by atoms with Crippen LogP contribution in [-0.2, 0) is 67.8 Å². The maximum absolute atomic E-state index is 12.2. The number of aliphatic hydroxyl groups is 2. The summed E-state index contributed by atoms with van der Waals surface area (Å²) in [7, 11) is -4.53. The lowest BCUT2D eigenvalue weighted by molar-refractivity contribution is -0.145. The van der Waals surface area contributed by atoms with Gasteiger partial charge < -0.3 is 48.4 Å². The van der Waals surface area contributed by atoms with Crippen molar-refractivity contribution in [3.8, 4) is 0 Å². The van der Waals surface area contributed by atoms with Gasteiger partial charge in [0.05, 0.1) is 58.5 Å². The first-order chi connectivity index (χ1) is 29.5. The molecule has 0 aliphatic heterocycles. The minimum atomic E-state index is -4.53. The SMILES string of the molecule is Cc1ccc(/C=C/c2ccc(N(CCO)CCOCC(CO)n3cc(COC(=O)CCCOCCOC(=O)CCCOP(=O)(O)OCC(COC=O)OC=O)nn3)cc2)cn1. The standard InChI is InChI=1S/C39H54N5O16P/c1-31-6-7-33(22-40-31)9-8-32-10-12-35(13-11-32)43(14-16-45)15-19-54-26-36(24-46)44-23-34(41-42-44)25-57-39(50)4-2-17-53-20-21-56-38(49)5-3-18-59-61(51,52)60-28-37(58-30-48)27-55-29-47/h6-13,22-23,29-30,36-37,45-46H,2-5,14-21,24-28H2,1H3,(H,51,52)/b9-8+. The van der Waals surface area contributed by atoms with Gasteiger partial charge in [0.2, 0.25) is 0 Å². The van der Waals surface area contributed by atoms with Crippen LogP contribution < -0.4 is 4.90 Å². The molecule has 0 aliphatic carbocycles. The molecule has 3 N–H and O–H groups in total. The molecule has 3 aromatic rings. The highest BCUT2D eigenvalue weighted by Gasteiger charge is 2.24. The molecular weight excluding hydrogens is 825 g/mol. The number of hydrogen-bond donors (Lipinski definition) is 3. The molecule has 22 heteroatoms. The van der Waals surface area contributed by atoms with E-state index in [1.54, 1.807) is 6.20 Å². The molecule has 3 atom stereocenters. The van der Waals surface area contributed by atoms with E-state index in [-0.39, 0.29) is 91.7 Å². The summed E-state index contributed by atoms with van der Waals surface area (Å²) < 4.78 is 53.3. The van der Waals surface area contributed by atoms with Crippen LogP contribution in [0.25, 0.3) is 12.2 Å². The van der Waals surface area contributed by atoms with E-state index in [1.807, 2.05) is 66.6 Å². The van der Waals surface area contributed by atoms with E-state index in [0.29, 0.717) is 31.8 Å². The lowest BCUT2D eigenvalue weighted by Crippen LogP contribution is -2.31. The van der Waals surface area contributed by atoms with Crippen molar-refractivity contribution in [2.75, 3.05) is 84.1 Å². The Labute approximate surface area is 353 Å². The summed E-state index contributed by atoms with van der Waals surface area (Å²) in [6.07, 6.45) is 6.63. The summed E-state index contributed by atoms with van der Waals surface area (Å²) in [5.74, 6) is -1.07. The fourth-order valence-electron chi connectivity index (χ4n) is 5.12. The van der Waals surface area contributed by atoms with Gasteiger partial charge in [-0.05, 0) is 49.1 Å². The molecule has 0 spiro atoms. The highest BCUT2D eigenvalue weighted by atomic mass is 31.2. The Morgan fingerprint density at radius 2 is 1.57 bits per heavy atom. The quantitative estimate of drug-likeness (QED) is 0.0255. The Hall–Kier alpha value is -5.12. The smallest absolute Gasteiger partial charge is 0.464 e. The largest absolute Gasteiger partial charge is 0.472 e. The minimum Gasteiger partial charge on any atom is -0.464 e. The molecule has 61 heavy (non-hydrogen) atoms. The first kappa shape index (κ1) is 50.2. The number of aryl methyl sites for hydroxylation is 1. The van der Waals surface area contributed by atoms with Crippen LogP contribution in [0.3, 0.4) is 0 Å². The number of aliphatic hydroxyl groups excluding tert-OH is 2. The summed E-state index contributed by atoms with van der Waals surface area (Å²) in [6.45, 7) is 2.06. The second-order valence-corrected chi connectivity index (χ2v) is 14.5. The molecule has 3 unspecified atom stereocenters. The molecule has 336 valence electrons. The first-order valence-electron chi connectivity index (χ1n) is 19.4. The van der Waals surface area contributed by atoms with Gasteiger partial charge in [0, 0.05) is 50.1 Å². The van der Waals surface area contributed by atoms with Gasteiger partial charge in [-0.2, -0.15) is 0 Å². The summed E-state index contributed by atoms with van der Waals surface area (Å²) in [6, 6.07) is 11.4. The van der Waals surface area contributed by atoms with Crippen molar-refractivity contribution in [2.24, 2.45) is 0 Å². The molecule has 0 aliphatic rings. The molecule has 0 amide bonds. The number of rotatable bonds is 34. The number of esters is 2. The number of aromatic nitrogens is 4. The van der Waals surface area contributed by atoms with Gasteiger partial charge in [0.25, 0.3) is 12.9 Å². The van der Waals surface area contributed by atoms with Gasteiger partial charge in [0.1, 0.15) is 25.5 Å². The summed E-state index contributed by atoms with van der Waals surface area (Å²) in [4.78, 5) is 60.8. The van der Waals surface area contributed by atoms with Crippen LogP contribution in [0.1, 0.15) is 54.2 Å². The number of ether oxygens (including phenoxy) is 6. The van der Waals surface area contributed by atoms with Gasteiger partial charge in [-0.3, -0.25) is 33.2 Å². The lowest BCUT2D eigenvalue weighted by Gasteiger charge is -2.24. The van der Waals surface area contributed by atoms with Crippen LogP contribution in [0.15, 0.2) is 48.8 Å². The Morgan fingerprint density at radius 3 is 2.28 bits per heavy atom. The van der Waals surface area contributed by atoms with E-state index in [4.69, 9.17) is 28.0 Å². The maximum atomic E-state index is 12.2. The Bertz CT molecular complexity index is 1800. The van der Waals surface area contributed by atoms with Crippen LogP contribution in [0, 0.1) is 6.92 Å². The molecule has 21 nitrogen and oxygen atoms in total. The second kappa shape index (κ2) is 29.2. The Kier molecular flexibility index (Phi) is 24.0. The number of nitrogens with zero attached hydrogens (tertiary/aromatic N) is 5. The van der Waals surface area contributed by atoms with Crippen LogP contribution in [0.2, 0.25) is 0 Å². The predicted octanol–water partition coefficient (Wildman–Crippen LogP) is 2.21. The Balaban J connectivity index is 1.23. The van der Waals surface area contributed by atoms with Gasteiger partial charge in [-0.15, -0.1) is 5.10 Å². The maximum Gasteiger partial charge on any atom is 0.472 e. The lowest BCUT2D eigenvalue weighted by atomic mass is 10.1. The molecule has 0 saturated carbocycles. The van der Waals surface area contributed by atoms with Crippen molar-refractivity contribution >= 4 is 50.5 Å². The molecule has 1 aromatic carbocycles. The number of benzene rings is 1. The van der Waals surface area contributed by atoms with E-state index in [0.717, 1.165) is 22.5 Å². The second-order valence-electron chi connectivity index (χ2n) is 13.1. The van der Waals surface area contributed by atoms with Crippen molar-refractivity contribution in [1.82, 2.24) is 20.0 Å². The number of carbonyl (C=O) groups excluding carboxylic acids is 4. The third-order valence-electron chi connectivity index (χ3n) is 8.33.